The second kappa shape index (κ2) is 8.41. The fourth-order valence-corrected chi connectivity index (χ4v) is 0.589. The third kappa shape index (κ3) is 6.05. The SMILES string of the molecule is C=Cc1ccccc1.CCSC. The van der Waals surface area contributed by atoms with Crippen LogP contribution in [0, 0.1) is 0 Å². The van der Waals surface area contributed by atoms with Crippen molar-refractivity contribution in [3.8, 4) is 0 Å². The van der Waals surface area contributed by atoms with Crippen LogP contribution in [0.5, 0.6) is 0 Å². The number of thioether (sulfide) groups is 1. The van der Waals surface area contributed by atoms with Gasteiger partial charge < -0.3 is 0 Å². The Kier molecular flexibility index (Phi) is 7.92. The molecule has 1 aromatic rings. The molecule has 0 aliphatic heterocycles. The Morgan fingerprint density at radius 1 is 1.33 bits per heavy atom. The van der Waals surface area contributed by atoms with Crippen LogP contribution in [0.15, 0.2) is 36.9 Å². The van der Waals surface area contributed by atoms with E-state index in [9.17, 15) is 0 Å². The van der Waals surface area contributed by atoms with Crippen LogP contribution >= 0.6 is 11.8 Å². The molecule has 0 heterocycles. The molecule has 0 amide bonds. The number of benzene rings is 1. The smallest absolute Gasteiger partial charge is 0.00988 e. The minimum Gasteiger partial charge on any atom is -0.166 e. The van der Waals surface area contributed by atoms with Crippen LogP contribution < -0.4 is 0 Å². The van der Waals surface area contributed by atoms with Crippen molar-refractivity contribution in [3.05, 3.63) is 42.5 Å². The first-order valence-corrected chi connectivity index (χ1v) is 5.41. The Labute approximate surface area is 79.7 Å². The zero-order chi connectivity index (χ0) is 9.23. The molecule has 1 heteroatoms. The van der Waals surface area contributed by atoms with Crippen LogP contribution in [-0.2, 0) is 0 Å². The van der Waals surface area contributed by atoms with Crippen molar-refractivity contribution in [2.24, 2.45) is 0 Å². The van der Waals surface area contributed by atoms with Gasteiger partial charge in [-0.3, -0.25) is 0 Å². The molecule has 0 nitrogen and oxygen atoms in total. The molecule has 0 saturated carbocycles. The van der Waals surface area contributed by atoms with Crippen molar-refractivity contribution >= 4 is 17.8 Å². The van der Waals surface area contributed by atoms with E-state index in [0.29, 0.717) is 0 Å². The molecule has 0 radical (unpaired) electrons. The third-order valence-corrected chi connectivity index (χ3v) is 1.90. The maximum absolute atomic E-state index is 3.63. The topological polar surface area (TPSA) is 0 Å². The molecule has 0 fully saturated rings. The summed E-state index contributed by atoms with van der Waals surface area (Å²) in [5.74, 6) is 1.24. The largest absolute Gasteiger partial charge is 0.166 e. The van der Waals surface area contributed by atoms with Gasteiger partial charge in [-0.05, 0) is 17.6 Å². The molecule has 1 aromatic carbocycles. The summed E-state index contributed by atoms with van der Waals surface area (Å²) in [6.45, 7) is 5.77. The lowest BCUT2D eigenvalue weighted by Crippen LogP contribution is -1.63. The summed E-state index contributed by atoms with van der Waals surface area (Å²) in [7, 11) is 0. The van der Waals surface area contributed by atoms with Gasteiger partial charge in [-0.25, -0.2) is 0 Å². The summed E-state index contributed by atoms with van der Waals surface area (Å²) in [5.41, 5.74) is 1.17. The molecule has 0 aromatic heterocycles. The Morgan fingerprint density at radius 2 is 1.83 bits per heavy atom. The number of hydrogen-bond donors (Lipinski definition) is 0. The van der Waals surface area contributed by atoms with Crippen LogP contribution in [0.25, 0.3) is 6.08 Å². The quantitative estimate of drug-likeness (QED) is 0.668. The summed E-state index contributed by atoms with van der Waals surface area (Å²) in [6.07, 6.45) is 3.93. The standard InChI is InChI=1S/C8H8.C3H8S/c1-2-8-6-4-3-5-7-8;1-3-4-2/h2-7H,1H2;3H2,1-2H3. The van der Waals surface area contributed by atoms with Crippen molar-refractivity contribution in [1.29, 1.82) is 0 Å². The highest BCUT2D eigenvalue weighted by atomic mass is 32.2. The molecule has 66 valence electrons. The molecule has 0 bridgehead atoms. The molecule has 0 N–H and O–H groups in total. The molecule has 1 rings (SSSR count). The molecule has 0 atom stereocenters. The molecule has 0 saturated heterocycles. The van der Waals surface area contributed by atoms with E-state index in [1.807, 2.05) is 48.2 Å². The molecule has 0 aliphatic rings. The Morgan fingerprint density at radius 3 is 2.08 bits per heavy atom. The van der Waals surface area contributed by atoms with Crippen molar-refractivity contribution in [2.75, 3.05) is 12.0 Å². The van der Waals surface area contributed by atoms with Crippen molar-refractivity contribution in [3.63, 3.8) is 0 Å². The summed E-state index contributed by atoms with van der Waals surface area (Å²) >= 11 is 1.86. The van der Waals surface area contributed by atoms with Crippen molar-refractivity contribution in [2.45, 2.75) is 6.92 Å². The summed E-state index contributed by atoms with van der Waals surface area (Å²) in [5, 5.41) is 0. The van der Waals surface area contributed by atoms with Crippen molar-refractivity contribution in [1.82, 2.24) is 0 Å². The van der Waals surface area contributed by atoms with E-state index in [0.717, 1.165) is 0 Å². The van der Waals surface area contributed by atoms with Crippen LogP contribution in [0.1, 0.15) is 12.5 Å². The van der Waals surface area contributed by atoms with E-state index < -0.39 is 0 Å². The van der Waals surface area contributed by atoms with E-state index >= 15 is 0 Å². The Bertz CT molecular complexity index is 189. The first-order chi connectivity index (χ1) is 5.85. The first-order valence-electron chi connectivity index (χ1n) is 4.01. The monoisotopic (exact) mass is 180 g/mol. The lowest BCUT2D eigenvalue weighted by Gasteiger charge is -1.85. The van der Waals surface area contributed by atoms with Gasteiger partial charge in [-0.2, -0.15) is 11.8 Å². The van der Waals surface area contributed by atoms with Gasteiger partial charge in [0, 0.05) is 0 Å². The summed E-state index contributed by atoms with van der Waals surface area (Å²) in [6, 6.07) is 10.0. The van der Waals surface area contributed by atoms with Gasteiger partial charge in [0.05, 0.1) is 0 Å². The zero-order valence-electron chi connectivity index (χ0n) is 7.79. The summed E-state index contributed by atoms with van der Waals surface area (Å²) in [4.78, 5) is 0. The fourth-order valence-electron chi connectivity index (χ4n) is 0.589. The lowest BCUT2D eigenvalue weighted by molar-refractivity contribution is 1.53. The highest BCUT2D eigenvalue weighted by molar-refractivity contribution is 7.98. The zero-order valence-corrected chi connectivity index (χ0v) is 8.60. The van der Waals surface area contributed by atoms with E-state index in [1.54, 1.807) is 0 Å². The highest BCUT2D eigenvalue weighted by Gasteiger charge is 1.75. The molecule has 0 unspecified atom stereocenters. The second-order valence-corrected chi connectivity index (χ2v) is 3.35. The highest BCUT2D eigenvalue weighted by Crippen LogP contribution is 1.97. The number of rotatable bonds is 2. The van der Waals surface area contributed by atoms with Gasteiger partial charge in [0.25, 0.3) is 0 Å². The Balaban J connectivity index is 0.000000261. The normalized spacial score (nSPS) is 8.17. The van der Waals surface area contributed by atoms with Crippen LogP contribution in [0.2, 0.25) is 0 Å². The van der Waals surface area contributed by atoms with Crippen molar-refractivity contribution < 1.29 is 0 Å². The van der Waals surface area contributed by atoms with E-state index in [-0.39, 0.29) is 0 Å². The third-order valence-electron chi connectivity index (χ3n) is 1.32. The van der Waals surface area contributed by atoms with Gasteiger partial charge in [-0.15, -0.1) is 0 Å². The molecule has 0 aliphatic carbocycles. The second-order valence-electron chi connectivity index (χ2n) is 2.19. The first kappa shape index (κ1) is 11.3. The predicted octanol–water partition coefficient (Wildman–Crippen LogP) is 3.70. The van der Waals surface area contributed by atoms with Gasteiger partial charge in [0.2, 0.25) is 0 Å². The van der Waals surface area contributed by atoms with Gasteiger partial charge in [-0.1, -0.05) is 49.9 Å². The average molecular weight is 180 g/mol. The van der Waals surface area contributed by atoms with Crippen LogP contribution in [0.3, 0.4) is 0 Å². The van der Waals surface area contributed by atoms with Crippen LogP contribution in [-0.4, -0.2) is 12.0 Å². The predicted molar refractivity (Wildman–Crippen MR) is 60.6 cm³/mol. The van der Waals surface area contributed by atoms with Crippen LogP contribution in [0.4, 0.5) is 0 Å². The Hall–Kier alpha value is -0.690. The maximum atomic E-state index is 3.63. The van der Waals surface area contributed by atoms with Gasteiger partial charge in [0.1, 0.15) is 0 Å². The number of hydrogen-bond acceptors (Lipinski definition) is 1. The minimum atomic E-state index is 1.17. The molecule has 12 heavy (non-hydrogen) atoms. The molecule has 0 spiro atoms. The maximum Gasteiger partial charge on any atom is -0.00988 e. The van der Waals surface area contributed by atoms with E-state index in [4.69, 9.17) is 0 Å². The molecular formula is C11H16S. The van der Waals surface area contributed by atoms with Gasteiger partial charge >= 0.3 is 0 Å². The average Bonchev–Trinajstić information content (AvgIpc) is 2.19. The summed E-state index contributed by atoms with van der Waals surface area (Å²) < 4.78 is 0. The fraction of sp³-hybridized carbons (Fsp3) is 0.273. The van der Waals surface area contributed by atoms with E-state index in [2.05, 4.69) is 19.8 Å². The van der Waals surface area contributed by atoms with Gasteiger partial charge in [0.15, 0.2) is 0 Å². The lowest BCUT2D eigenvalue weighted by atomic mass is 10.2. The minimum absolute atomic E-state index is 1.17. The van der Waals surface area contributed by atoms with E-state index in [1.165, 1.54) is 11.3 Å². The molecular weight excluding hydrogens is 164 g/mol.